The van der Waals surface area contributed by atoms with Gasteiger partial charge in [0.05, 0.1) is 17.2 Å². The van der Waals surface area contributed by atoms with Crippen molar-refractivity contribution in [2.75, 3.05) is 11.9 Å². The van der Waals surface area contributed by atoms with Crippen LogP contribution >= 0.6 is 0 Å². The second-order valence-electron chi connectivity index (χ2n) is 4.91. The average Bonchev–Trinajstić information content (AvgIpc) is 3.08. The highest BCUT2D eigenvalue weighted by molar-refractivity contribution is 5.56. The quantitative estimate of drug-likeness (QED) is 0.679. The molecule has 1 aliphatic heterocycles. The fourth-order valence-electron chi connectivity index (χ4n) is 2.48. The number of nitro groups is 1. The summed E-state index contributed by atoms with van der Waals surface area (Å²) >= 11 is 0. The van der Waals surface area contributed by atoms with Crippen LogP contribution in [0.25, 0.3) is 0 Å². The van der Waals surface area contributed by atoms with Crippen LogP contribution in [0.1, 0.15) is 18.1 Å². The first-order valence-electron chi connectivity index (χ1n) is 6.61. The smallest absolute Gasteiger partial charge is 0.311 e. The standard InChI is InChI=1S/C13H15N5O3/c1-17-8-9(7-15-17)12-10(4-6-21-12)16-13-11(18(19)20)3-2-5-14-13/h2-3,5,7-8,10,12H,4,6H2,1H3,(H,14,16)/t10-,12+/m0/s1. The van der Waals surface area contributed by atoms with Gasteiger partial charge in [-0.05, 0) is 12.5 Å². The molecule has 2 aromatic heterocycles. The highest BCUT2D eigenvalue weighted by atomic mass is 16.6. The number of rotatable bonds is 4. The van der Waals surface area contributed by atoms with E-state index in [-0.39, 0.29) is 23.7 Å². The van der Waals surface area contributed by atoms with E-state index in [2.05, 4.69) is 15.4 Å². The number of aromatic nitrogens is 3. The van der Waals surface area contributed by atoms with E-state index in [1.54, 1.807) is 16.9 Å². The van der Waals surface area contributed by atoms with Gasteiger partial charge in [-0.2, -0.15) is 5.10 Å². The van der Waals surface area contributed by atoms with E-state index in [4.69, 9.17) is 4.74 Å². The molecule has 0 spiro atoms. The third-order valence-electron chi connectivity index (χ3n) is 3.45. The van der Waals surface area contributed by atoms with E-state index in [9.17, 15) is 10.1 Å². The molecule has 1 saturated heterocycles. The minimum atomic E-state index is -0.440. The van der Waals surface area contributed by atoms with Crippen molar-refractivity contribution in [1.29, 1.82) is 0 Å². The zero-order valence-corrected chi connectivity index (χ0v) is 11.5. The molecule has 0 bridgehead atoms. The summed E-state index contributed by atoms with van der Waals surface area (Å²) in [5.41, 5.74) is 0.917. The lowest BCUT2D eigenvalue weighted by atomic mass is 10.1. The van der Waals surface area contributed by atoms with Crippen LogP contribution in [0.3, 0.4) is 0 Å². The van der Waals surface area contributed by atoms with E-state index in [1.165, 1.54) is 12.3 Å². The predicted octanol–water partition coefficient (Wildman–Crippen LogP) is 1.67. The minimum Gasteiger partial charge on any atom is -0.371 e. The van der Waals surface area contributed by atoms with Crippen LogP contribution in [0.5, 0.6) is 0 Å². The van der Waals surface area contributed by atoms with E-state index in [0.29, 0.717) is 6.61 Å². The van der Waals surface area contributed by atoms with Gasteiger partial charge in [0.2, 0.25) is 5.82 Å². The molecule has 0 amide bonds. The van der Waals surface area contributed by atoms with Crippen molar-refractivity contribution in [3.05, 3.63) is 46.4 Å². The van der Waals surface area contributed by atoms with Crippen LogP contribution in [0.15, 0.2) is 30.7 Å². The van der Waals surface area contributed by atoms with Gasteiger partial charge in [0.1, 0.15) is 6.10 Å². The molecule has 1 fully saturated rings. The molecule has 3 rings (SSSR count). The van der Waals surface area contributed by atoms with Crippen LogP contribution in [-0.2, 0) is 11.8 Å². The van der Waals surface area contributed by atoms with Crippen molar-refractivity contribution in [3.63, 3.8) is 0 Å². The van der Waals surface area contributed by atoms with Crippen molar-refractivity contribution >= 4 is 11.5 Å². The Labute approximate surface area is 120 Å². The van der Waals surface area contributed by atoms with Gasteiger partial charge in [0.25, 0.3) is 0 Å². The van der Waals surface area contributed by atoms with Gasteiger partial charge in [-0.15, -0.1) is 0 Å². The van der Waals surface area contributed by atoms with Crippen LogP contribution < -0.4 is 5.32 Å². The lowest BCUT2D eigenvalue weighted by Gasteiger charge is -2.19. The number of hydrogen-bond donors (Lipinski definition) is 1. The number of pyridine rings is 1. The molecule has 0 aliphatic carbocycles. The summed E-state index contributed by atoms with van der Waals surface area (Å²) in [6, 6.07) is 2.92. The molecule has 110 valence electrons. The first-order chi connectivity index (χ1) is 10.1. The predicted molar refractivity (Wildman–Crippen MR) is 74.8 cm³/mol. The highest BCUT2D eigenvalue weighted by Gasteiger charge is 2.32. The van der Waals surface area contributed by atoms with E-state index >= 15 is 0 Å². The van der Waals surface area contributed by atoms with Gasteiger partial charge in [0.15, 0.2) is 0 Å². The zero-order chi connectivity index (χ0) is 14.8. The largest absolute Gasteiger partial charge is 0.371 e. The summed E-state index contributed by atoms with van der Waals surface area (Å²) in [5.74, 6) is 0.270. The molecule has 1 N–H and O–H groups in total. The first-order valence-corrected chi connectivity index (χ1v) is 6.61. The lowest BCUT2D eigenvalue weighted by molar-refractivity contribution is -0.384. The van der Waals surface area contributed by atoms with Crippen LogP contribution in [-0.4, -0.2) is 32.3 Å². The fourth-order valence-corrected chi connectivity index (χ4v) is 2.48. The Kier molecular flexibility index (Phi) is 3.53. The summed E-state index contributed by atoms with van der Waals surface area (Å²) in [7, 11) is 1.84. The number of ether oxygens (including phenoxy) is 1. The van der Waals surface area contributed by atoms with Gasteiger partial charge in [-0.25, -0.2) is 4.98 Å². The van der Waals surface area contributed by atoms with Crippen LogP contribution in [0.4, 0.5) is 11.5 Å². The second kappa shape index (κ2) is 5.49. The molecule has 0 saturated carbocycles. The topological polar surface area (TPSA) is 95.1 Å². The Morgan fingerprint density at radius 2 is 2.43 bits per heavy atom. The third-order valence-corrected chi connectivity index (χ3v) is 3.45. The number of aryl methyl sites for hydroxylation is 1. The van der Waals surface area contributed by atoms with Crippen molar-refractivity contribution < 1.29 is 9.66 Å². The molecule has 3 heterocycles. The Hall–Kier alpha value is -2.48. The summed E-state index contributed by atoms with van der Waals surface area (Å²) in [6.07, 6.45) is 5.74. The maximum Gasteiger partial charge on any atom is 0.311 e. The number of hydrogen-bond acceptors (Lipinski definition) is 6. The summed E-state index contributed by atoms with van der Waals surface area (Å²) in [5, 5.41) is 18.3. The molecule has 21 heavy (non-hydrogen) atoms. The van der Waals surface area contributed by atoms with Crippen molar-refractivity contribution in [3.8, 4) is 0 Å². The molecule has 0 aromatic carbocycles. The molecule has 8 heteroatoms. The molecule has 2 atom stereocenters. The minimum absolute atomic E-state index is 0.0330. The van der Waals surface area contributed by atoms with E-state index in [1.807, 2.05) is 13.2 Å². The number of anilines is 1. The highest BCUT2D eigenvalue weighted by Crippen LogP contribution is 2.32. The number of nitrogens with zero attached hydrogens (tertiary/aromatic N) is 4. The third kappa shape index (κ3) is 2.70. The van der Waals surface area contributed by atoms with Crippen molar-refractivity contribution in [2.24, 2.45) is 7.05 Å². The summed E-state index contributed by atoms with van der Waals surface area (Å²) in [4.78, 5) is 14.7. The van der Waals surface area contributed by atoms with Crippen LogP contribution in [0.2, 0.25) is 0 Å². The molecule has 8 nitrogen and oxygen atoms in total. The van der Waals surface area contributed by atoms with Gasteiger partial charge in [0, 0.05) is 37.7 Å². The Bertz CT molecular complexity index is 657. The van der Waals surface area contributed by atoms with Gasteiger partial charge >= 0.3 is 5.69 Å². The summed E-state index contributed by atoms with van der Waals surface area (Å²) in [6.45, 7) is 0.595. The van der Waals surface area contributed by atoms with Crippen LogP contribution in [0, 0.1) is 10.1 Å². The van der Waals surface area contributed by atoms with Gasteiger partial charge < -0.3 is 10.1 Å². The molecule has 1 aliphatic rings. The fraction of sp³-hybridized carbons (Fsp3) is 0.385. The summed E-state index contributed by atoms with van der Waals surface area (Å²) < 4.78 is 7.43. The number of nitrogens with one attached hydrogen (secondary N) is 1. The normalized spacial score (nSPS) is 21.4. The lowest BCUT2D eigenvalue weighted by Crippen LogP contribution is -2.24. The van der Waals surface area contributed by atoms with E-state index < -0.39 is 4.92 Å². The van der Waals surface area contributed by atoms with E-state index in [0.717, 1.165) is 12.0 Å². The van der Waals surface area contributed by atoms with Crippen molar-refractivity contribution in [2.45, 2.75) is 18.6 Å². The zero-order valence-electron chi connectivity index (χ0n) is 11.5. The molecule has 0 radical (unpaired) electrons. The molecular weight excluding hydrogens is 274 g/mol. The first kappa shape index (κ1) is 13.5. The molecule has 0 unspecified atom stereocenters. The Morgan fingerprint density at radius 3 is 3.14 bits per heavy atom. The van der Waals surface area contributed by atoms with Crippen molar-refractivity contribution in [1.82, 2.24) is 14.8 Å². The Balaban J connectivity index is 1.82. The monoisotopic (exact) mass is 289 g/mol. The Morgan fingerprint density at radius 1 is 1.57 bits per heavy atom. The maximum absolute atomic E-state index is 11.0. The van der Waals surface area contributed by atoms with Gasteiger partial charge in [-0.3, -0.25) is 14.8 Å². The molecule has 2 aromatic rings. The van der Waals surface area contributed by atoms with Gasteiger partial charge in [-0.1, -0.05) is 0 Å². The SMILES string of the molecule is Cn1cc([C@H]2OCC[C@@H]2Nc2ncccc2[N+](=O)[O-])cn1. The average molecular weight is 289 g/mol. The maximum atomic E-state index is 11.0. The second-order valence-corrected chi connectivity index (χ2v) is 4.91. The molecular formula is C13H15N5O3.